The van der Waals surface area contributed by atoms with Crippen LogP contribution in [0.3, 0.4) is 0 Å². The second-order valence-electron chi connectivity index (χ2n) is 5.99. The van der Waals surface area contributed by atoms with Crippen LogP contribution in [0, 0.1) is 0 Å². The predicted molar refractivity (Wildman–Crippen MR) is 87.8 cm³/mol. The molecule has 1 heterocycles. The van der Waals surface area contributed by atoms with Crippen molar-refractivity contribution in [2.45, 2.75) is 90.5 Å². The van der Waals surface area contributed by atoms with E-state index in [0.29, 0.717) is 6.42 Å². The molecule has 0 amide bonds. The number of unbranched alkanes of at least 4 members (excludes halogenated alkanes) is 9. The van der Waals surface area contributed by atoms with Gasteiger partial charge in [0.25, 0.3) is 0 Å². The first-order valence-electron chi connectivity index (χ1n) is 8.83. The van der Waals surface area contributed by atoms with Crippen LogP contribution in [-0.2, 0) is 17.8 Å². The quantitative estimate of drug-likeness (QED) is 0.522. The summed E-state index contributed by atoms with van der Waals surface area (Å²) in [6, 6.07) is 0. The molecule has 0 aliphatic rings. The first kappa shape index (κ1) is 18.7. The van der Waals surface area contributed by atoms with Gasteiger partial charge in [-0.1, -0.05) is 56.6 Å². The van der Waals surface area contributed by atoms with E-state index in [9.17, 15) is 4.79 Å². The van der Waals surface area contributed by atoms with E-state index < -0.39 is 5.97 Å². The van der Waals surface area contributed by atoms with E-state index in [1.165, 1.54) is 51.4 Å². The number of aliphatic carboxylic acids is 1. The molecule has 0 bridgehead atoms. The van der Waals surface area contributed by atoms with Crippen molar-refractivity contribution in [2.24, 2.45) is 0 Å². The molecule has 0 spiro atoms. The lowest BCUT2D eigenvalue weighted by Crippen LogP contribution is -1.93. The van der Waals surface area contributed by atoms with Crippen molar-refractivity contribution >= 4 is 5.97 Å². The molecule has 0 saturated carbocycles. The zero-order valence-corrected chi connectivity index (χ0v) is 14.0. The summed E-state index contributed by atoms with van der Waals surface area (Å²) in [7, 11) is 0. The average Bonchev–Trinajstić information content (AvgIpc) is 2.96. The summed E-state index contributed by atoms with van der Waals surface area (Å²) < 4.78 is 1.88. The summed E-state index contributed by atoms with van der Waals surface area (Å²) in [5.41, 5.74) is 1.11. The molecule has 0 aliphatic carbocycles. The van der Waals surface area contributed by atoms with E-state index >= 15 is 0 Å². The van der Waals surface area contributed by atoms with Gasteiger partial charge >= 0.3 is 5.97 Å². The fraction of sp³-hybridized carbons (Fsp3) is 0.824. The highest BCUT2D eigenvalue weighted by Gasteiger charge is 2.00. The van der Waals surface area contributed by atoms with E-state index in [0.717, 1.165) is 31.5 Å². The Morgan fingerprint density at radius 3 is 2.05 bits per heavy atom. The summed E-state index contributed by atoms with van der Waals surface area (Å²) in [6.07, 6.45) is 15.4. The van der Waals surface area contributed by atoms with Crippen LogP contribution in [0.2, 0.25) is 0 Å². The van der Waals surface area contributed by atoms with Crippen LogP contribution in [0.4, 0.5) is 0 Å². The Kier molecular flexibility index (Phi) is 10.3. The van der Waals surface area contributed by atoms with Crippen molar-refractivity contribution in [1.82, 2.24) is 15.0 Å². The van der Waals surface area contributed by atoms with Crippen molar-refractivity contribution < 1.29 is 9.90 Å². The Balaban J connectivity index is 1.81. The van der Waals surface area contributed by atoms with Crippen molar-refractivity contribution in [2.75, 3.05) is 0 Å². The van der Waals surface area contributed by atoms with Crippen molar-refractivity contribution in [3.63, 3.8) is 0 Å². The number of hydrogen-bond acceptors (Lipinski definition) is 3. The zero-order chi connectivity index (χ0) is 16.0. The minimum absolute atomic E-state index is 0.325. The largest absolute Gasteiger partial charge is 0.481 e. The van der Waals surface area contributed by atoms with Crippen molar-refractivity contribution in [3.05, 3.63) is 11.9 Å². The van der Waals surface area contributed by atoms with Crippen molar-refractivity contribution in [3.8, 4) is 0 Å². The van der Waals surface area contributed by atoms with Crippen LogP contribution in [0.1, 0.15) is 83.2 Å². The molecule has 0 fully saturated rings. The third-order valence-electron chi connectivity index (χ3n) is 3.98. The lowest BCUT2D eigenvalue weighted by atomic mass is 10.0. The van der Waals surface area contributed by atoms with Crippen molar-refractivity contribution in [1.29, 1.82) is 0 Å². The first-order chi connectivity index (χ1) is 10.7. The second kappa shape index (κ2) is 12.2. The molecule has 0 aromatic carbocycles. The number of carboxylic acid groups (broad SMARTS) is 1. The molecular formula is C17H31N3O2. The summed E-state index contributed by atoms with van der Waals surface area (Å²) in [4.78, 5) is 10.4. The van der Waals surface area contributed by atoms with Gasteiger partial charge in [0.1, 0.15) is 0 Å². The van der Waals surface area contributed by atoms with Crippen LogP contribution in [-0.4, -0.2) is 26.1 Å². The van der Waals surface area contributed by atoms with E-state index in [-0.39, 0.29) is 0 Å². The number of carboxylic acids is 1. The van der Waals surface area contributed by atoms with Crippen LogP contribution in [0.5, 0.6) is 0 Å². The van der Waals surface area contributed by atoms with Crippen LogP contribution in [0.25, 0.3) is 0 Å². The molecule has 126 valence electrons. The fourth-order valence-electron chi connectivity index (χ4n) is 2.60. The number of aromatic nitrogens is 3. The Morgan fingerprint density at radius 1 is 1.00 bits per heavy atom. The minimum atomic E-state index is -0.669. The third kappa shape index (κ3) is 9.53. The summed E-state index contributed by atoms with van der Waals surface area (Å²) in [5.74, 6) is -0.669. The van der Waals surface area contributed by atoms with Crippen LogP contribution < -0.4 is 0 Å². The van der Waals surface area contributed by atoms with Gasteiger partial charge in [0.2, 0.25) is 0 Å². The van der Waals surface area contributed by atoms with Gasteiger partial charge in [0, 0.05) is 19.2 Å². The highest BCUT2D eigenvalue weighted by Crippen LogP contribution is 2.12. The molecule has 0 atom stereocenters. The maximum Gasteiger partial charge on any atom is 0.303 e. The third-order valence-corrected chi connectivity index (χ3v) is 3.98. The zero-order valence-electron chi connectivity index (χ0n) is 14.0. The summed E-state index contributed by atoms with van der Waals surface area (Å²) in [5, 5.41) is 16.7. The fourth-order valence-corrected chi connectivity index (χ4v) is 2.60. The van der Waals surface area contributed by atoms with Gasteiger partial charge in [-0.15, -0.1) is 5.10 Å². The second-order valence-corrected chi connectivity index (χ2v) is 5.99. The summed E-state index contributed by atoms with van der Waals surface area (Å²) in [6.45, 7) is 2.97. The average molecular weight is 309 g/mol. The lowest BCUT2D eigenvalue weighted by molar-refractivity contribution is -0.137. The van der Waals surface area contributed by atoms with Gasteiger partial charge in [-0.2, -0.15) is 0 Å². The van der Waals surface area contributed by atoms with Gasteiger partial charge in [0.05, 0.1) is 5.69 Å². The normalized spacial score (nSPS) is 11.0. The highest BCUT2D eigenvalue weighted by atomic mass is 16.4. The minimum Gasteiger partial charge on any atom is -0.481 e. The van der Waals surface area contributed by atoms with Gasteiger partial charge in [-0.05, 0) is 26.2 Å². The monoisotopic (exact) mass is 309 g/mol. The lowest BCUT2D eigenvalue weighted by Gasteiger charge is -2.02. The Bertz CT molecular complexity index is 404. The maximum absolute atomic E-state index is 10.4. The van der Waals surface area contributed by atoms with E-state index in [2.05, 4.69) is 17.2 Å². The molecule has 5 heteroatoms. The molecule has 1 N–H and O–H groups in total. The van der Waals surface area contributed by atoms with E-state index in [1.807, 2.05) is 10.9 Å². The molecule has 0 aliphatic heterocycles. The smallest absolute Gasteiger partial charge is 0.303 e. The van der Waals surface area contributed by atoms with Gasteiger partial charge < -0.3 is 5.11 Å². The number of rotatable bonds is 14. The van der Waals surface area contributed by atoms with Crippen LogP contribution in [0.15, 0.2) is 6.20 Å². The molecule has 1 rings (SSSR count). The number of hydrogen-bond donors (Lipinski definition) is 1. The Labute approximate surface area is 134 Å². The molecule has 1 aromatic rings. The molecule has 1 aromatic heterocycles. The number of carbonyl (C=O) groups is 1. The van der Waals surface area contributed by atoms with Gasteiger partial charge in [-0.25, -0.2) is 0 Å². The number of nitrogens with zero attached hydrogens (tertiary/aromatic N) is 3. The SMILES string of the molecule is CCn1cc(CCCCCCCCCCCCC(=O)O)nn1. The summed E-state index contributed by atoms with van der Waals surface area (Å²) >= 11 is 0. The molecular weight excluding hydrogens is 278 g/mol. The topological polar surface area (TPSA) is 68.0 Å². The van der Waals surface area contributed by atoms with Gasteiger partial charge in [-0.3, -0.25) is 9.48 Å². The predicted octanol–water partition coefficient (Wildman–Crippen LogP) is 4.22. The highest BCUT2D eigenvalue weighted by molar-refractivity contribution is 5.66. The first-order valence-corrected chi connectivity index (χ1v) is 8.83. The molecule has 0 radical (unpaired) electrons. The van der Waals surface area contributed by atoms with Gasteiger partial charge in [0.15, 0.2) is 0 Å². The molecule has 5 nitrogen and oxygen atoms in total. The standard InChI is InChI=1S/C17H31N3O2/c1-2-20-15-16(18-19-20)13-11-9-7-5-3-4-6-8-10-12-14-17(21)22/h15H,2-14H2,1H3,(H,21,22). The molecule has 22 heavy (non-hydrogen) atoms. The van der Waals surface area contributed by atoms with Crippen LogP contribution >= 0.6 is 0 Å². The Hall–Kier alpha value is -1.39. The maximum atomic E-state index is 10.4. The molecule has 0 saturated heterocycles. The number of aryl methyl sites for hydroxylation is 2. The Morgan fingerprint density at radius 2 is 1.55 bits per heavy atom. The van der Waals surface area contributed by atoms with E-state index in [4.69, 9.17) is 5.11 Å². The molecule has 0 unspecified atom stereocenters. The van der Waals surface area contributed by atoms with E-state index in [1.54, 1.807) is 0 Å².